The Balaban J connectivity index is 1.70. The van der Waals surface area contributed by atoms with Crippen molar-refractivity contribution in [2.75, 3.05) is 20.2 Å². The van der Waals surface area contributed by atoms with Crippen LogP contribution < -0.4 is 4.72 Å². The number of amides is 1. The third-order valence-corrected chi connectivity index (χ3v) is 6.16. The van der Waals surface area contributed by atoms with Crippen LogP contribution in [-0.2, 0) is 21.3 Å². The average Bonchev–Trinajstić information content (AvgIpc) is 2.73. The van der Waals surface area contributed by atoms with Gasteiger partial charge in [-0.3, -0.25) is 4.79 Å². The Hall–Kier alpha value is -2.22. The van der Waals surface area contributed by atoms with Gasteiger partial charge in [0.2, 0.25) is 10.0 Å². The molecule has 7 heteroatoms. The molecular weight excluding hydrogens is 364 g/mol. The Bertz CT molecular complexity index is 876. The highest BCUT2D eigenvalue weighted by atomic mass is 32.2. The van der Waals surface area contributed by atoms with Crippen LogP contribution in [0.15, 0.2) is 59.5 Å². The summed E-state index contributed by atoms with van der Waals surface area (Å²) < 4.78 is 33.1. The molecule has 1 fully saturated rings. The second-order valence-corrected chi connectivity index (χ2v) is 8.33. The number of nitrogens with zero attached hydrogens (tertiary/aromatic N) is 1. The van der Waals surface area contributed by atoms with Crippen molar-refractivity contribution in [3.05, 3.63) is 65.7 Å². The number of carbonyl (C=O) groups excluding carboxylic acids is 1. The van der Waals surface area contributed by atoms with E-state index < -0.39 is 10.0 Å². The smallest absolute Gasteiger partial charge is 0.253 e. The van der Waals surface area contributed by atoms with E-state index in [2.05, 4.69) is 4.72 Å². The molecule has 6 nitrogen and oxygen atoms in total. The molecular formula is C20H24N2O4S. The monoisotopic (exact) mass is 388 g/mol. The third-order valence-electron chi connectivity index (χ3n) is 4.76. The Morgan fingerprint density at radius 3 is 2.48 bits per heavy atom. The van der Waals surface area contributed by atoms with Gasteiger partial charge >= 0.3 is 0 Å². The number of hydrogen-bond donors (Lipinski definition) is 1. The molecule has 0 atom stereocenters. The van der Waals surface area contributed by atoms with Gasteiger partial charge in [-0.1, -0.05) is 36.4 Å². The molecule has 0 aliphatic carbocycles. The van der Waals surface area contributed by atoms with E-state index in [1.54, 1.807) is 24.1 Å². The molecule has 27 heavy (non-hydrogen) atoms. The highest BCUT2D eigenvalue weighted by Gasteiger charge is 2.24. The standard InChI is InChI=1S/C20H24N2O4S/c1-26-18-10-12-22(13-11-18)20(23)17-8-5-9-19(14-17)27(24,25)21-15-16-6-3-2-4-7-16/h2-9,14,18,21H,10-13,15H2,1H3. The average molecular weight is 388 g/mol. The van der Waals surface area contributed by atoms with Gasteiger partial charge in [0.05, 0.1) is 11.0 Å². The van der Waals surface area contributed by atoms with Crippen LogP contribution >= 0.6 is 0 Å². The summed E-state index contributed by atoms with van der Waals surface area (Å²) in [5.74, 6) is -0.148. The van der Waals surface area contributed by atoms with Crippen LogP contribution in [0.5, 0.6) is 0 Å². The lowest BCUT2D eigenvalue weighted by Crippen LogP contribution is -2.40. The van der Waals surface area contributed by atoms with Gasteiger partial charge in [-0.15, -0.1) is 0 Å². The number of sulfonamides is 1. The highest BCUT2D eigenvalue weighted by molar-refractivity contribution is 7.89. The fourth-order valence-electron chi connectivity index (χ4n) is 3.13. The van der Waals surface area contributed by atoms with Gasteiger partial charge in [0.25, 0.3) is 5.91 Å². The molecule has 1 heterocycles. The summed E-state index contributed by atoms with van der Waals surface area (Å²) in [6, 6.07) is 15.5. The lowest BCUT2D eigenvalue weighted by molar-refractivity contribution is 0.0350. The molecule has 2 aromatic rings. The normalized spacial score (nSPS) is 15.7. The number of hydrogen-bond acceptors (Lipinski definition) is 4. The van der Waals surface area contributed by atoms with Gasteiger partial charge in [0, 0.05) is 32.3 Å². The summed E-state index contributed by atoms with van der Waals surface area (Å²) in [4.78, 5) is 14.6. The Morgan fingerprint density at radius 2 is 1.81 bits per heavy atom. The summed E-state index contributed by atoms with van der Waals surface area (Å²) in [5.41, 5.74) is 1.25. The van der Waals surface area contributed by atoms with E-state index in [0.29, 0.717) is 18.7 Å². The number of carbonyl (C=O) groups is 1. The van der Waals surface area contributed by atoms with Crippen LogP contribution in [0.2, 0.25) is 0 Å². The fourth-order valence-corrected chi connectivity index (χ4v) is 4.19. The number of benzene rings is 2. The molecule has 1 N–H and O–H groups in total. The summed E-state index contributed by atoms with van der Waals surface area (Å²) >= 11 is 0. The van der Waals surface area contributed by atoms with Gasteiger partial charge < -0.3 is 9.64 Å². The molecule has 2 aromatic carbocycles. The van der Waals surface area contributed by atoms with Crippen molar-refractivity contribution in [3.8, 4) is 0 Å². The van der Waals surface area contributed by atoms with E-state index in [9.17, 15) is 13.2 Å². The molecule has 144 valence electrons. The Morgan fingerprint density at radius 1 is 1.11 bits per heavy atom. The van der Waals surface area contributed by atoms with E-state index in [1.807, 2.05) is 30.3 Å². The number of ether oxygens (including phenoxy) is 1. The molecule has 0 spiro atoms. The Kier molecular flexibility index (Phi) is 6.26. The molecule has 0 unspecified atom stereocenters. The lowest BCUT2D eigenvalue weighted by Gasteiger charge is -2.31. The van der Waals surface area contributed by atoms with Crippen molar-refractivity contribution < 1.29 is 17.9 Å². The SMILES string of the molecule is COC1CCN(C(=O)c2cccc(S(=O)(=O)NCc3ccccc3)c2)CC1. The van der Waals surface area contributed by atoms with Crippen molar-refractivity contribution in [1.82, 2.24) is 9.62 Å². The zero-order chi connectivity index (χ0) is 19.3. The van der Waals surface area contributed by atoms with E-state index in [4.69, 9.17) is 4.74 Å². The maximum atomic E-state index is 12.7. The van der Waals surface area contributed by atoms with Crippen LogP contribution in [0.25, 0.3) is 0 Å². The number of likely N-dealkylation sites (tertiary alicyclic amines) is 1. The molecule has 1 aliphatic heterocycles. The molecule has 0 saturated carbocycles. The molecule has 0 bridgehead atoms. The van der Waals surface area contributed by atoms with Crippen molar-refractivity contribution >= 4 is 15.9 Å². The molecule has 1 saturated heterocycles. The lowest BCUT2D eigenvalue weighted by atomic mass is 10.1. The van der Waals surface area contributed by atoms with Crippen LogP contribution in [0.4, 0.5) is 0 Å². The predicted octanol–water partition coefficient (Wildman–Crippen LogP) is 2.42. The van der Waals surface area contributed by atoms with Crippen molar-refractivity contribution in [2.45, 2.75) is 30.4 Å². The quantitative estimate of drug-likeness (QED) is 0.825. The van der Waals surface area contributed by atoms with Crippen LogP contribution in [0.1, 0.15) is 28.8 Å². The maximum absolute atomic E-state index is 12.7. The van der Waals surface area contributed by atoms with Crippen molar-refractivity contribution in [1.29, 1.82) is 0 Å². The van der Waals surface area contributed by atoms with E-state index >= 15 is 0 Å². The van der Waals surface area contributed by atoms with Gasteiger partial charge in [-0.05, 0) is 36.6 Å². The molecule has 0 aromatic heterocycles. The third kappa shape index (κ3) is 4.94. The van der Waals surface area contributed by atoms with Crippen LogP contribution in [0.3, 0.4) is 0 Å². The van der Waals surface area contributed by atoms with Gasteiger partial charge in [0.1, 0.15) is 0 Å². The number of nitrogens with one attached hydrogen (secondary N) is 1. The number of rotatable bonds is 6. The first-order valence-electron chi connectivity index (χ1n) is 8.95. The Labute approximate surface area is 160 Å². The molecule has 0 radical (unpaired) electrons. The summed E-state index contributed by atoms with van der Waals surface area (Å²) in [6.45, 7) is 1.42. The van der Waals surface area contributed by atoms with E-state index in [0.717, 1.165) is 18.4 Å². The van der Waals surface area contributed by atoms with E-state index in [1.165, 1.54) is 12.1 Å². The second-order valence-electron chi connectivity index (χ2n) is 6.57. The van der Waals surface area contributed by atoms with E-state index in [-0.39, 0.29) is 23.5 Å². The van der Waals surface area contributed by atoms with Gasteiger partial charge in [-0.25, -0.2) is 13.1 Å². The minimum Gasteiger partial charge on any atom is -0.381 e. The topological polar surface area (TPSA) is 75.7 Å². The first-order chi connectivity index (χ1) is 13.0. The minimum atomic E-state index is -3.70. The molecule has 1 aliphatic rings. The minimum absolute atomic E-state index is 0.0936. The van der Waals surface area contributed by atoms with Crippen LogP contribution in [-0.4, -0.2) is 45.5 Å². The fraction of sp³-hybridized carbons (Fsp3) is 0.350. The highest BCUT2D eigenvalue weighted by Crippen LogP contribution is 2.18. The van der Waals surface area contributed by atoms with Gasteiger partial charge in [0.15, 0.2) is 0 Å². The first kappa shape index (κ1) is 19.5. The molecule has 3 rings (SSSR count). The summed E-state index contributed by atoms with van der Waals surface area (Å²) in [6.07, 6.45) is 1.76. The first-order valence-corrected chi connectivity index (χ1v) is 10.4. The van der Waals surface area contributed by atoms with Crippen molar-refractivity contribution in [3.63, 3.8) is 0 Å². The van der Waals surface area contributed by atoms with Crippen molar-refractivity contribution in [2.24, 2.45) is 0 Å². The maximum Gasteiger partial charge on any atom is 0.253 e. The number of piperidine rings is 1. The van der Waals surface area contributed by atoms with Gasteiger partial charge in [-0.2, -0.15) is 0 Å². The van der Waals surface area contributed by atoms with Crippen LogP contribution in [0, 0.1) is 0 Å². The zero-order valence-electron chi connectivity index (χ0n) is 15.3. The molecule has 1 amide bonds. The zero-order valence-corrected chi connectivity index (χ0v) is 16.1. The predicted molar refractivity (Wildman–Crippen MR) is 103 cm³/mol. The second kappa shape index (κ2) is 8.65. The number of methoxy groups -OCH3 is 1. The summed E-state index contributed by atoms with van der Waals surface area (Å²) in [7, 11) is -2.02. The largest absolute Gasteiger partial charge is 0.381 e. The summed E-state index contributed by atoms with van der Waals surface area (Å²) in [5, 5.41) is 0.